The van der Waals surface area contributed by atoms with Gasteiger partial charge in [0.25, 0.3) is 0 Å². The first-order chi connectivity index (χ1) is 10.9. The predicted octanol–water partition coefficient (Wildman–Crippen LogP) is 4.54. The number of alkyl halides is 3. The van der Waals surface area contributed by atoms with E-state index in [0.29, 0.717) is 18.6 Å². The number of hydrogen-bond acceptors (Lipinski definition) is 2. The van der Waals surface area contributed by atoms with Crippen molar-refractivity contribution in [3.8, 4) is 11.1 Å². The first kappa shape index (κ1) is 15.4. The molecule has 0 unspecified atom stereocenters. The molecule has 1 saturated heterocycles. The fourth-order valence-corrected chi connectivity index (χ4v) is 2.54. The smallest absolute Gasteiger partial charge is 0.416 e. The quantitative estimate of drug-likeness (QED) is 0.881. The summed E-state index contributed by atoms with van der Waals surface area (Å²) in [7, 11) is 0. The highest BCUT2D eigenvalue weighted by molar-refractivity contribution is 5.69. The van der Waals surface area contributed by atoms with E-state index in [2.05, 4.69) is 5.32 Å². The zero-order valence-corrected chi connectivity index (χ0v) is 12.1. The van der Waals surface area contributed by atoms with E-state index >= 15 is 0 Å². The average molecular weight is 321 g/mol. The number of cyclic esters (lactones) is 1. The predicted molar refractivity (Wildman–Crippen MR) is 78.7 cm³/mol. The minimum absolute atomic E-state index is 0.0992. The summed E-state index contributed by atoms with van der Waals surface area (Å²) in [5, 5.41) is 2.73. The second-order valence-electron chi connectivity index (χ2n) is 5.32. The van der Waals surface area contributed by atoms with Gasteiger partial charge in [0.2, 0.25) is 0 Å². The molecule has 0 aliphatic carbocycles. The molecule has 23 heavy (non-hydrogen) atoms. The molecule has 0 radical (unpaired) electrons. The molecule has 3 rings (SSSR count). The Bertz CT molecular complexity index is 693. The Labute approximate surface area is 131 Å². The zero-order chi connectivity index (χ0) is 16.4. The van der Waals surface area contributed by atoms with Crippen LogP contribution in [0.2, 0.25) is 0 Å². The fourth-order valence-electron chi connectivity index (χ4n) is 2.54. The summed E-state index contributed by atoms with van der Waals surface area (Å²) in [4.78, 5) is 11.2. The van der Waals surface area contributed by atoms with E-state index in [1.807, 2.05) is 24.3 Å². The Hall–Kier alpha value is -2.50. The van der Waals surface area contributed by atoms with Crippen molar-refractivity contribution in [2.45, 2.75) is 18.6 Å². The molecule has 1 atom stereocenters. The van der Waals surface area contributed by atoms with Gasteiger partial charge in [0.1, 0.15) is 0 Å². The normalized spacial score (nSPS) is 18.2. The van der Waals surface area contributed by atoms with Gasteiger partial charge in [-0.25, -0.2) is 4.79 Å². The number of ether oxygens (including phenoxy) is 1. The van der Waals surface area contributed by atoms with Crippen molar-refractivity contribution in [1.29, 1.82) is 0 Å². The van der Waals surface area contributed by atoms with Gasteiger partial charge in [-0.2, -0.15) is 13.2 Å². The van der Waals surface area contributed by atoms with Gasteiger partial charge in [-0.3, -0.25) is 0 Å². The summed E-state index contributed by atoms with van der Waals surface area (Å²) in [6.07, 6.45) is -4.08. The number of carbonyl (C=O) groups excluding carboxylic acids is 1. The lowest BCUT2D eigenvalue weighted by Gasteiger charge is -2.23. The van der Waals surface area contributed by atoms with Crippen LogP contribution >= 0.6 is 0 Å². The van der Waals surface area contributed by atoms with Gasteiger partial charge in [0.05, 0.1) is 18.2 Å². The van der Waals surface area contributed by atoms with Crippen LogP contribution in [0.25, 0.3) is 11.1 Å². The van der Waals surface area contributed by atoms with E-state index < -0.39 is 17.8 Å². The zero-order valence-electron chi connectivity index (χ0n) is 12.1. The number of hydrogen-bond donors (Lipinski definition) is 1. The standard InChI is InChI=1S/C17H14F3NO2/c18-17(19,20)14-7-5-12(6-8-14)11-1-3-13(4-2-11)15-9-10-23-16(22)21-15/h1-8,15H,9-10H2,(H,21,22)/t15-/m0/s1. The molecule has 1 N–H and O–H groups in total. The molecule has 1 aliphatic rings. The molecule has 0 saturated carbocycles. The highest BCUT2D eigenvalue weighted by atomic mass is 19.4. The number of amides is 1. The number of nitrogens with one attached hydrogen (secondary N) is 1. The maximum atomic E-state index is 12.6. The van der Waals surface area contributed by atoms with Crippen molar-refractivity contribution in [2.24, 2.45) is 0 Å². The third kappa shape index (κ3) is 3.47. The summed E-state index contributed by atoms with van der Waals surface area (Å²) in [6.45, 7) is 0.372. The molecule has 1 amide bonds. The first-order valence-electron chi connectivity index (χ1n) is 7.14. The van der Waals surface area contributed by atoms with Crippen molar-refractivity contribution in [3.05, 3.63) is 59.7 Å². The summed E-state index contributed by atoms with van der Waals surface area (Å²) >= 11 is 0. The second kappa shape index (κ2) is 5.95. The van der Waals surface area contributed by atoms with Gasteiger partial charge in [0.15, 0.2) is 0 Å². The van der Waals surface area contributed by atoms with E-state index in [-0.39, 0.29) is 6.04 Å². The van der Waals surface area contributed by atoms with Crippen LogP contribution in [0.5, 0.6) is 0 Å². The number of carbonyl (C=O) groups is 1. The van der Waals surface area contributed by atoms with Crippen LogP contribution in [-0.4, -0.2) is 12.7 Å². The van der Waals surface area contributed by atoms with Gasteiger partial charge in [-0.05, 0) is 28.8 Å². The average Bonchev–Trinajstić information content (AvgIpc) is 2.54. The van der Waals surface area contributed by atoms with Crippen LogP contribution in [-0.2, 0) is 10.9 Å². The van der Waals surface area contributed by atoms with E-state index in [4.69, 9.17) is 4.74 Å². The Kier molecular flexibility index (Phi) is 3.98. The minimum atomic E-state index is -4.33. The number of alkyl carbamates (subject to hydrolysis) is 1. The van der Waals surface area contributed by atoms with E-state index in [0.717, 1.165) is 23.3 Å². The second-order valence-corrected chi connectivity index (χ2v) is 5.32. The number of benzene rings is 2. The molecule has 1 heterocycles. The largest absolute Gasteiger partial charge is 0.449 e. The summed E-state index contributed by atoms with van der Waals surface area (Å²) in [6, 6.07) is 12.3. The van der Waals surface area contributed by atoms with Gasteiger partial charge in [-0.1, -0.05) is 36.4 Å². The van der Waals surface area contributed by atoms with Crippen molar-refractivity contribution in [3.63, 3.8) is 0 Å². The van der Waals surface area contributed by atoms with Crippen LogP contribution in [0, 0.1) is 0 Å². The molecule has 0 bridgehead atoms. The molecular formula is C17H14F3NO2. The molecule has 120 valence electrons. The van der Waals surface area contributed by atoms with E-state index in [1.165, 1.54) is 12.1 Å². The highest BCUT2D eigenvalue weighted by Crippen LogP contribution is 2.31. The van der Waals surface area contributed by atoms with Crippen LogP contribution in [0.1, 0.15) is 23.6 Å². The van der Waals surface area contributed by atoms with Gasteiger partial charge in [-0.15, -0.1) is 0 Å². The Morgan fingerprint density at radius 1 is 0.957 bits per heavy atom. The Morgan fingerprint density at radius 3 is 2.04 bits per heavy atom. The Morgan fingerprint density at radius 2 is 1.52 bits per heavy atom. The SMILES string of the molecule is O=C1N[C@H](c2ccc(-c3ccc(C(F)(F)F)cc3)cc2)CCO1. The fraction of sp³-hybridized carbons (Fsp3) is 0.235. The van der Waals surface area contributed by atoms with Crippen LogP contribution in [0.15, 0.2) is 48.5 Å². The van der Waals surface area contributed by atoms with Crippen LogP contribution in [0.3, 0.4) is 0 Å². The van der Waals surface area contributed by atoms with E-state index in [9.17, 15) is 18.0 Å². The van der Waals surface area contributed by atoms with Gasteiger partial charge in [0, 0.05) is 6.42 Å². The van der Waals surface area contributed by atoms with Gasteiger partial charge < -0.3 is 10.1 Å². The lowest BCUT2D eigenvalue weighted by atomic mass is 9.98. The molecule has 1 aliphatic heterocycles. The lowest BCUT2D eigenvalue weighted by molar-refractivity contribution is -0.137. The first-order valence-corrected chi connectivity index (χ1v) is 7.14. The molecule has 1 fully saturated rings. The molecular weight excluding hydrogens is 307 g/mol. The summed E-state index contributed by atoms with van der Waals surface area (Å²) in [5.74, 6) is 0. The van der Waals surface area contributed by atoms with Crippen molar-refractivity contribution in [1.82, 2.24) is 5.32 Å². The topological polar surface area (TPSA) is 38.3 Å². The minimum Gasteiger partial charge on any atom is -0.449 e. The maximum absolute atomic E-state index is 12.6. The van der Waals surface area contributed by atoms with Crippen LogP contribution < -0.4 is 5.32 Å². The third-order valence-electron chi connectivity index (χ3n) is 3.79. The summed E-state index contributed by atoms with van der Waals surface area (Å²) in [5.41, 5.74) is 1.81. The maximum Gasteiger partial charge on any atom is 0.416 e. The highest BCUT2D eigenvalue weighted by Gasteiger charge is 2.30. The molecule has 6 heteroatoms. The van der Waals surface area contributed by atoms with Crippen LogP contribution in [0.4, 0.5) is 18.0 Å². The number of rotatable bonds is 2. The molecule has 0 aromatic heterocycles. The molecule has 0 spiro atoms. The van der Waals surface area contributed by atoms with Crippen molar-refractivity contribution in [2.75, 3.05) is 6.61 Å². The number of halogens is 3. The van der Waals surface area contributed by atoms with Crippen molar-refractivity contribution < 1.29 is 22.7 Å². The molecule has 2 aromatic carbocycles. The Balaban J connectivity index is 1.78. The lowest BCUT2D eigenvalue weighted by Crippen LogP contribution is -2.35. The van der Waals surface area contributed by atoms with Crippen molar-refractivity contribution >= 4 is 6.09 Å². The van der Waals surface area contributed by atoms with Gasteiger partial charge >= 0.3 is 12.3 Å². The summed E-state index contributed by atoms with van der Waals surface area (Å²) < 4.78 is 42.5. The molecule has 2 aromatic rings. The molecule has 3 nitrogen and oxygen atoms in total. The van der Waals surface area contributed by atoms with E-state index in [1.54, 1.807) is 0 Å². The third-order valence-corrected chi connectivity index (χ3v) is 3.79. The monoisotopic (exact) mass is 321 g/mol.